The number of halogens is 1. The highest BCUT2D eigenvalue weighted by molar-refractivity contribution is 5.17. The van der Waals surface area contributed by atoms with Crippen LogP contribution < -0.4 is 11.3 Å². The van der Waals surface area contributed by atoms with Gasteiger partial charge in [-0.05, 0) is 36.5 Å². The molecule has 1 aromatic rings. The average Bonchev–Trinajstić information content (AvgIpc) is 2.38. The van der Waals surface area contributed by atoms with Gasteiger partial charge in [-0.15, -0.1) is 0 Å². The van der Waals surface area contributed by atoms with Gasteiger partial charge >= 0.3 is 0 Å². The Morgan fingerprint density at radius 3 is 2.67 bits per heavy atom. The first-order valence-corrected chi connectivity index (χ1v) is 6.91. The van der Waals surface area contributed by atoms with E-state index in [1.807, 2.05) is 6.07 Å². The Morgan fingerprint density at radius 1 is 1.33 bits per heavy atom. The van der Waals surface area contributed by atoms with Gasteiger partial charge in [0.05, 0.1) is 0 Å². The molecule has 1 aromatic carbocycles. The maximum Gasteiger partial charge on any atom is 0.123 e. The van der Waals surface area contributed by atoms with Crippen molar-refractivity contribution in [3.63, 3.8) is 0 Å². The molecule has 3 heteroatoms. The molecule has 2 unspecified atom stereocenters. The van der Waals surface area contributed by atoms with Crippen LogP contribution in [0, 0.1) is 11.7 Å². The monoisotopic (exact) mass is 252 g/mol. The fourth-order valence-corrected chi connectivity index (χ4v) is 2.44. The molecule has 18 heavy (non-hydrogen) atoms. The van der Waals surface area contributed by atoms with Crippen LogP contribution in [0.4, 0.5) is 4.39 Å². The van der Waals surface area contributed by atoms with Crippen molar-refractivity contribution in [3.05, 3.63) is 35.6 Å². The van der Waals surface area contributed by atoms with Crippen molar-refractivity contribution in [3.8, 4) is 0 Å². The highest BCUT2D eigenvalue weighted by atomic mass is 19.1. The van der Waals surface area contributed by atoms with Crippen LogP contribution in [0.1, 0.15) is 45.1 Å². The Morgan fingerprint density at radius 2 is 2.11 bits per heavy atom. The van der Waals surface area contributed by atoms with Crippen molar-refractivity contribution in [1.82, 2.24) is 5.43 Å². The van der Waals surface area contributed by atoms with Crippen LogP contribution in [0.5, 0.6) is 0 Å². The van der Waals surface area contributed by atoms with Crippen LogP contribution in [-0.4, -0.2) is 6.04 Å². The molecule has 0 aliphatic heterocycles. The van der Waals surface area contributed by atoms with E-state index in [2.05, 4.69) is 19.3 Å². The van der Waals surface area contributed by atoms with E-state index in [0.29, 0.717) is 5.92 Å². The van der Waals surface area contributed by atoms with Gasteiger partial charge in [-0.1, -0.05) is 45.2 Å². The normalized spacial score (nSPS) is 14.4. The van der Waals surface area contributed by atoms with Gasteiger partial charge < -0.3 is 0 Å². The Labute approximate surface area is 110 Å². The van der Waals surface area contributed by atoms with E-state index in [1.165, 1.54) is 25.3 Å². The summed E-state index contributed by atoms with van der Waals surface area (Å²) in [5, 5.41) is 0. The van der Waals surface area contributed by atoms with Gasteiger partial charge in [0.2, 0.25) is 0 Å². The Kier molecular flexibility index (Phi) is 6.91. The first-order chi connectivity index (χ1) is 8.71. The van der Waals surface area contributed by atoms with Crippen molar-refractivity contribution in [2.24, 2.45) is 11.8 Å². The number of rotatable bonds is 8. The third-order valence-corrected chi connectivity index (χ3v) is 3.58. The Balaban J connectivity index is 2.64. The molecule has 0 fully saturated rings. The maximum absolute atomic E-state index is 13.2. The van der Waals surface area contributed by atoms with Crippen molar-refractivity contribution in [2.75, 3.05) is 0 Å². The topological polar surface area (TPSA) is 38.0 Å². The highest BCUT2D eigenvalue weighted by Gasteiger charge is 2.18. The first-order valence-electron chi connectivity index (χ1n) is 6.91. The quantitative estimate of drug-likeness (QED) is 0.549. The SMILES string of the molecule is CCCCC(CC)C(Cc1cccc(F)c1)NN. The van der Waals surface area contributed by atoms with Gasteiger partial charge in [-0.25, -0.2) is 4.39 Å². The van der Waals surface area contributed by atoms with Crippen molar-refractivity contribution in [1.29, 1.82) is 0 Å². The van der Waals surface area contributed by atoms with Crippen molar-refractivity contribution in [2.45, 2.75) is 52.0 Å². The van der Waals surface area contributed by atoms with Crippen LogP contribution in [0.3, 0.4) is 0 Å². The van der Waals surface area contributed by atoms with Gasteiger partial charge in [0.15, 0.2) is 0 Å². The second-order valence-electron chi connectivity index (χ2n) is 4.92. The lowest BCUT2D eigenvalue weighted by Crippen LogP contribution is -2.42. The van der Waals surface area contributed by atoms with Crippen LogP contribution in [0.2, 0.25) is 0 Å². The largest absolute Gasteiger partial charge is 0.271 e. The molecule has 0 aromatic heterocycles. The van der Waals surface area contributed by atoms with E-state index in [1.54, 1.807) is 12.1 Å². The summed E-state index contributed by atoms with van der Waals surface area (Å²) in [4.78, 5) is 0. The number of nitrogens with one attached hydrogen (secondary N) is 1. The van der Waals surface area contributed by atoms with E-state index < -0.39 is 0 Å². The molecule has 3 N–H and O–H groups in total. The molecule has 0 amide bonds. The molecular weight excluding hydrogens is 227 g/mol. The highest BCUT2D eigenvalue weighted by Crippen LogP contribution is 2.20. The summed E-state index contributed by atoms with van der Waals surface area (Å²) in [5.74, 6) is 6.04. The molecular formula is C15H25FN2. The first kappa shape index (κ1) is 15.1. The summed E-state index contributed by atoms with van der Waals surface area (Å²) in [6, 6.07) is 7.01. The Bertz CT molecular complexity index is 341. The second kappa shape index (κ2) is 8.22. The minimum absolute atomic E-state index is 0.176. The fraction of sp³-hybridized carbons (Fsp3) is 0.600. The summed E-state index contributed by atoms with van der Waals surface area (Å²) in [6.07, 6.45) is 5.49. The molecule has 102 valence electrons. The third-order valence-electron chi connectivity index (χ3n) is 3.58. The molecule has 0 saturated heterocycles. The number of hydrogen-bond acceptors (Lipinski definition) is 2. The fourth-order valence-electron chi connectivity index (χ4n) is 2.44. The zero-order valence-corrected chi connectivity index (χ0v) is 11.5. The summed E-state index contributed by atoms with van der Waals surface area (Å²) < 4.78 is 13.2. The number of benzene rings is 1. The number of hydrogen-bond donors (Lipinski definition) is 2. The smallest absolute Gasteiger partial charge is 0.123 e. The molecule has 0 heterocycles. The molecule has 0 radical (unpaired) electrons. The van der Waals surface area contributed by atoms with Gasteiger partial charge in [-0.3, -0.25) is 11.3 Å². The standard InChI is InChI=1S/C15H25FN2/c1-3-5-8-13(4-2)15(18-17)11-12-7-6-9-14(16)10-12/h6-7,9-10,13,15,18H,3-5,8,11,17H2,1-2H3. The zero-order valence-electron chi connectivity index (χ0n) is 11.5. The molecule has 0 spiro atoms. The number of unbranched alkanes of at least 4 members (excludes halogenated alkanes) is 1. The Hall–Kier alpha value is -0.930. The van der Waals surface area contributed by atoms with Crippen LogP contribution in [0.25, 0.3) is 0 Å². The van der Waals surface area contributed by atoms with Crippen LogP contribution in [-0.2, 0) is 6.42 Å². The minimum Gasteiger partial charge on any atom is -0.271 e. The van der Waals surface area contributed by atoms with Crippen LogP contribution in [0.15, 0.2) is 24.3 Å². The molecule has 0 aliphatic rings. The molecule has 1 rings (SSSR count). The van der Waals surface area contributed by atoms with Gasteiger partial charge in [-0.2, -0.15) is 0 Å². The van der Waals surface area contributed by atoms with Crippen molar-refractivity contribution >= 4 is 0 Å². The summed E-state index contributed by atoms with van der Waals surface area (Å²) in [6.45, 7) is 4.39. The lowest BCUT2D eigenvalue weighted by atomic mass is 9.88. The maximum atomic E-state index is 13.2. The molecule has 2 nitrogen and oxygen atoms in total. The van der Waals surface area contributed by atoms with E-state index >= 15 is 0 Å². The summed E-state index contributed by atoms with van der Waals surface area (Å²) in [7, 11) is 0. The van der Waals surface area contributed by atoms with Gasteiger partial charge in [0.25, 0.3) is 0 Å². The third kappa shape index (κ3) is 4.75. The van der Waals surface area contributed by atoms with Crippen LogP contribution >= 0.6 is 0 Å². The van der Waals surface area contributed by atoms with E-state index in [0.717, 1.165) is 18.4 Å². The second-order valence-corrected chi connectivity index (χ2v) is 4.92. The average molecular weight is 252 g/mol. The summed E-state index contributed by atoms with van der Waals surface area (Å²) >= 11 is 0. The number of hydrazine groups is 1. The van der Waals surface area contributed by atoms with E-state index in [4.69, 9.17) is 5.84 Å². The van der Waals surface area contributed by atoms with Gasteiger partial charge in [0, 0.05) is 6.04 Å². The minimum atomic E-state index is -0.176. The van der Waals surface area contributed by atoms with Gasteiger partial charge in [0.1, 0.15) is 5.82 Å². The predicted molar refractivity (Wildman–Crippen MR) is 74.5 cm³/mol. The number of nitrogens with two attached hydrogens (primary N) is 1. The van der Waals surface area contributed by atoms with E-state index in [9.17, 15) is 4.39 Å². The molecule has 2 atom stereocenters. The molecule has 0 aliphatic carbocycles. The van der Waals surface area contributed by atoms with E-state index in [-0.39, 0.29) is 11.9 Å². The lowest BCUT2D eigenvalue weighted by Gasteiger charge is -2.25. The van der Waals surface area contributed by atoms with Crippen molar-refractivity contribution < 1.29 is 4.39 Å². The summed E-state index contributed by atoms with van der Waals surface area (Å²) in [5.41, 5.74) is 3.91. The zero-order chi connectivity index (χ0) is 13.4. The molecule has 0 bridgehead atoms. The molecule has 0 saturated carbocycles. The lowest BCUT2D eigenvalue weighted by molar-refractivity contribution is 0.318. The predicted octanol–water partition coefficient (Wildman–Crippen LogP) is 3.42.